The van der Waals surface area contributed by atoms with Gasteiger partial charge in [0.1, 0.15) is 11.4 Å². The predicted octanol–water partition coefficient (Wildman–Crippen LogP) is 6.82. The summed E-state index contributed by atoms with van der Waals surface area (Å²) >= 11 is 0. The molecule has 0 spiro atoms. The highest BCUT2D eigenvalue weighted by Crippen LogP contribution is 2.40. The lowest BCUT2D eigenvalue weighted by atomic mass is 9.88. The van der Waals surface area contributed by atoms with E-state index in [0.717, 1.165) is 42.6 Å². The lowest BCUT2D eigenvalue weighted by Crippen LogP contribution is -2.33. The van der Waals surface area contributed by atoms with Crippen molar-refractivity contribution in [2.75, 3.05) is 41.1 Å². The van der Waals surface area contributed by atoms with Gasteiger partial charge in [0.2, 0.25) is 6.79 Å². The van der Waals surface area contributed by atoms with E-state index in [2.05, 4.69) is 35.4 Å². The predicted molar refractivity (Wildman–Crippen MR) is 196 cm³/mol. The Morgan fingerprint density at radius 1 is 1.06 bits per heavy atom. The zero-order chi connectivity index (χ0) is 37.7. The fraction of sp³-hybridized carbons (Fsp3) is 0.550. The van der Waals surface area contributed by atoms with E-state index < -0.39 is 23.8 Å². The third-order valence-electron chi connectivity index (χ3n) is 7.68. The largest absolute Gasteiger partial charge is 0.497 e. The highest BCUT2D eigenvalue weighted by Gasteiger charge is 2.32. The van der Waals surface area contributed by atoms with Crippen LogP contribution >= 0.6 is 0 Å². The number of nitrogens with zero attached hydrogens (tertiary/aromatic N) is 1. The number of hydrogen-bond donors (Lipinski definition) is 1. The van der Waals surface area contributed by atoms with Crippen LogP contribution in [0.2, 0.25) is 0 Å². The van der Waals surface area contributed by atoms with E-state index in [1.165, 1.54) is 14.0 Å². The summed E-state index contributed by atoms with van der Waals surface area (Å²) in [6.07, 6.45) is 1.34. The minimum atomic E-state index is -1.43. The van der Waals surface area contributed by atoms with Gasteiger partial charge in [-0.15, -0.1) is 0 Å². The number of benzene rings is 2. The van der Waals surface area contributed by atoms with E-state index >= 15 is 0 Å². The molecular weight excluding hydrogens is 638 g/mol. The summed E-state index contributed by atoms with van der Waals surface area (Å²) in [5.41, 5.74) is 2.33. The van der Waals surface area contributed by atoms with Gasteiger partial charge in [-0.25, -0.2) is 4.79 Å². The van der Waals surface area contributed by atoms with Crippen molar-refractivity contribution < 1.29 is 43.1 Å². The topological polar surface area (TPSA) is 113 Å². The average molecular weight is 698 g/mol. The highest BCUT2D eigenvalue weighted by atomic mass is 16.7. The molecule has 1 aliphatic heterocycles. The van der Waals surface area contributed by atoms with Gasteiger partial charge in [-0.05, 0) is 82.1 Å². The maximum absolute atomic E-state index is 13.1. The molecule has 278 valence electrons. The number of ether oxygens (including phenoxy) is 6. The minimum absolute atomic E-state index is 0.0880. The molecule has 3 rings (SSSR count). The van der Waals surface area contributed by atoms with Gasteiger partial charge in [0.05, 0.1) is 20.8 Å². The molecule has 0 aliphatic carbocycles. The first-order chi connectivity index (χ1) is 23.8. The zero-order valence-corrected chi connectivity index (χ0v) is 32.0. The molecule has 0 radical (unpaired) electrons. The molecule has 50 heavy (non-hydrogen) atoms. The van der Waals surface area contributed by atoms with Crippen molar-refractivity contribution in [3.05, 3.63) is 71.0 Å². The molecule has 0 amide bonds. The number of rotatable bonds is 15. The maximum Gasteiger partial charge on any atom is 0.336 e. The molecule has 1 heterocycles. The van der Waals surface area contributed by atoms with E-state index in [9.17, 15) is 14.7 Å². The molecule has 1 N–H and O–H groups in total. The first kappa shape index (κ1) is 44.0. The summed E-state index contributed by atoms with van der Waals surface area (Å²) in [6.45, 7) is 17.5. The van der Waals surface area contributed by atoms with Crippen LogP contribution < -0.4 is 9.47 Å². The van der Waals surface area contributed by atoms with Crippen LogP contribution in [-0.2, 0) is 41.6 Å². The molecule has 0 aromatic heterocycles. The lowest BCUT2D eigenvalue weighted by Gasteiger charge is -2.28. The van der Waals surface area contributed by atoms with Crippen LogP contribution in [0.1, 0.15) is 90.8 Å². The monoisotopic (exact) mass is 697 g/mol. The molecule has 0 fully saturated rings. The van der Waals surface area contributed by atoms with E-state index in [1.807, 2.05) is 84.0 Å². The minimum Gasteiger partial charge on any atom is -0.497 e. The van der Waals surface area contributed by atoms with Crippen LogP contribution in [0.3, 0.4) is 0 Å². The first-order valence-corrected chi connectivity index (χ1v) is 17.3. The smallest absolute Gasteiger partial charge is 0.336 e. The van der Waals surface area contributed by atoms with Crippen molar-refractivity contribution in [1.82, 2.24) is 4.90 Å². The Balaban J connectivity index is 0.00000163. The van der Waals surface area contributed by atoms with Gasteiger partial charge < -0.3 is 38.4 Å². The van der Waals surface area contributed by atoms with Gasteiger partial charge in [-0.1, -0.05) is 69.9 Å². The third kappa shape index (κ3) is 15.2. The Bertz CT molecular complexity index is 1390. The van der Waals surface area contributed by atoms with Gasteiger partial charge in [-0.3, -0.25) is 4.79 Å². The van der Waals surface area contributed by atoms with Gasteiger partial charge in [0.25, 0.3) is 0 Å². The van der Waals surface area contributed by atoms with Crippen molar-refractivity contribution in [3.8, 4) is 23.3 Å². The molecule has 2 unspecified atom stereocenters. The number of likely N-dealkylation sites (N-methyl/N-ethyl adjacent to an activating group) is 1. The maximum atomic E-state index is 13.1. The number of carbonyl (C=O) groups is 2. The number of aliphatic hydroxyl groups excluding tert-OH is 1. The second-order valence-corrected chi connectivity index (χ2v) is 12.0. The summed E-state index contributed by atoms with van der Waals surface area (Å²) in [5.74, 6) is 6.46. The van der Waals surface area contributed by atoms with E-state index in [1.54, 1.807) is 13.2 Å². The molecule has 10 heteroatoms. The van der Waals surface area contributed by atoms with E-state index in [-0.39, 0.29) is 25.1 Å². The Morgan fingerprint density at radius 3 is 2.24 bits per heavy atom. The van der Waals surface area contributed by atoms with Crippen LogP contribution in [0.15, 0.2) is 54.3 Å². The van der Waals surface area contributed by atoms with Gasteiger partial charge in [-0.2, -0.15) is 0 Å². The van der Waals surface area contributed by atoms with Crippen molar-refractivity contribution in [2.45, 2.75) is 105 Å². The van der Waals surface area contributed by atoms with Gasteiger partial charge in [0.15, 0.2) is 23.7 Å². The highest BCUT2D eigenvalue weighted by molar-refractivity contribution is 5.75. The summed E-state index contributed by atoms with van der Waals surface area (Å²) < 4.78 is 33.0. The summed E-state index contributed by atoms with van der Waals surface area (Å²) in [5, 5.41) is 10.7. The molecule has 0 saturated heterocycles. The van der Waals surface area contributed by atoms with Crippen molar-refractivity contribution in [2.24, 2.45) is 0 Å². The molecular formula is C40H59NO9. The molecule has 1 aliphatic rings. The van der Waals surface area contributed by atoms with Crippen LogP contribution in [0.4, 0.5) is 0 Å². The second kappa shape index (κ2) is 23.4. The number of aliphatic hydroxyl groups is 1. The second-order valence-electron chi connectivity index (χ2n) is 12.0. The van der Waals surface area contributed by atoms with Crippen molar-refractivity contribution >= 4 is 11.9 Å². The quantitative estimate of drug-likeness (QED) is 0.121. The van der Waals surface area contributed by atoms with E-state index in [0.29, 0.717) is 23.9 Å². The third-order valence-corrected chi connectivity index (χ3v) is 7.68. The molecule has 2 aromatic rings. The Morgan fingerprint density at radius 2 is 1.68 bits per heavy atom. The van der Waals surface area contributed by atoms with Crippen LogP contribution in [0.5, 0.6) is 11.5 Å². The Kier molecular flexibility index (Phi) is 20.6. The number of fused-ring (bicyclic) bond motifs is 1. The fourth-order valence-electron chi connectivity index (χ4n) is 4.93. The average Bonchev–Trinajstić information content (AvgIpc) is 3.58. The molecule has 0 saturated carbocycles. The zero-order valence-electron chi connectivity index (χ0n) is 32.0. The Labute approximate surface area is 300 Å². The number of methoxy groups -OCH3 is 2. The molecule has 10 nitrogen and oxygen atoms in total. The van der Waals surface area contributed by atoms with Crippen molar-refractivity contribution in [3.63, 3.8) is 0 Å². The summed E-state index contributed by atoms with van der Waals surface area (Å²) in [6, 6.07) is 13.8. The fourth-order valence-corrected chi connectivity index (χ4v) is 4.93. The molecule has 2 aromatic carbocycles. The number of allylic oxidation sites excluding steroid dienone is 1. The molecule has 0 bridgehead atoms. The normalized spacial score (nSPS) is 13.7. The first-order valence-electron chi connectivity index (χ1n) is 17.3. The molecule has 3 atom stereocenters. The number of hydrogen-bond acceptors (Lipinski definition) is 10. The summed E-state index contributed by atoms with van der Waals surface area (Å²) in [4.78, 5) is 25.0. The van der Waals surface area contributed by atoms with Crippen LogP contribution in [0.25, 0.3) is 0 Å². The van der Waals surface area contributed by atoms with Crippen LogP contribution in [0, 0.1) is 11.8 Å². The van der Waals surface area contributed by atoms with Crippen molar-refractivity contribution in [1.29, 1.82) is 0 Å². The summed E-state index contributed by atoms with van der Waals surface area (Å²) in [7, 11) is 5.00. The SMILES string of the molecule is C/C=C(/OC)C(OC(=O)[C@@H](O)CC#CC(C)(C)OCc1ccccc1)C(C)c1cc2c(cc1CCN(C)CCC)OCO2.CC.COC(C)=O. The van der Waals surface area contributed by atoms with Crippen LogP contribution in [-0.4, -0.2) is 80.9 Å². The number of esters is 2. The van der Waals surface area contributed by atoms with Gasteiger partial charge in [0, 0.05) is 25.8 Å². The lowest BCUT2D eigenvalue weighted by molar-refractivity contribution is -0.159. The number of carbonyl (C=O) groups excluding carboxylic acids is 2. The Hall–Kier alpha value is -4.04. The standard InChI is InChI=1S/C35H47NO7.C3H6O2.C2H6/c1-8-19-36(6)20-17-27-21-31-32(41-24-40-31)22-28(27)25(3)33(30(9-2)39-7)43-34(38)29(37)16-13-18-35(4,5)42-23-26-14-11-10-12-15-26;1-3(4)5-2;1-2/h9-12,14-15,21-22,25,29,33,37H,8,16-17,19-20,23-24H2,1-7H3;1-2H3;1-2H3/b30-9+;;/t25?,29-,33?;;/m0../s1. The van der Waals surface area contributed by atoms with E-state index in [4.69, 9.17) is 23.7 Å². The van der Waals surface area contributed by atoms with Gasteiger partial charge >= 0.3 is 11.9 Å².